The Labute approximate surface area is 88.7 Å². The molecule has 0 aromatic heterocycles. The SMILES string of the molecule is CCC.Cc1cc(F)cc(Cl)c1Cl. The normalized spacial score (nSPS) is 9.08. The van der Waals surface area contributed by atoms with Gasteiger partial charge in [0.25, 0.3) is 0 Å². The molecule has 0 amide bonds. The molecule has 1 aromatic carbocycles. The van der Waals surface area contributed by atoms with Gasteiger partial charge in [0.05, 0.1) is 10.0 Å². The third kappa shape index (κ3) is 4.49. The summed E-state index contributed by atoms with van der Waals surface area (Å²) in [7, 11) is 0. The highest BCUT2D eigenvalue weighted by Gasteiger charge is 2.02. The minimum atomic E-state index is -0.355. The number of halogens is 3. The van der Waals surface area contributed by atoms with Crippen LogP contribution < -0.4 is 0 Å². The molecular weight excluding hydrogens is 210 g/mol. The van der Waals surface area contributed by atoms with Crippen LogP contribution in [0.1, 0.15) is 25.8 Å². The van der Waals surface area contributed by atoms with Gasteiger partial charge in [0, 0.05) is 0 Å². The predicted octanol–water partition coefficient (Wildman–Crippen LogP) is 4.86. The van der Waals surface area contributed by atoms with Crippen LogP contribution in [0.4, 0.5) is 4.39 Å². The fraction of sp³-hybridized carbons (Fsp3) is 0.400. The molecule has 0 aliphatic rings. The number of hydrogen-bond acceptors (Lipinski definition) is 0. The Balaban J connectivity index is 0.000000424. The molecule has 0 saturated carbocycles. The van der Waals surface area contributed by atoms with Crippen LogP contribution in [0.3, 0.4) is 0 Å². The zero-order valence-corrected chi connectivity index (χ0v) is 9.51. The lowest BCUT2D eigenvalue weighted by Crippen LogP contribution is -1.79. The van der Waals surface area contributed by atoms with Crippen molar-refractivity contribution in [2.75, 3.05) is 0 Å². The third-order valence-corrected chi connectivity index (χ3v) is 2.07. The minimum Gasteiger partial charge on any atom is -0.207 e. The zero-order chi connectivity index (χ0) is 10.4. The molecule has 0 radical (unpaired) electrons. The van der Waals surface area contributed by atoms with E-state index in [0.717, 1.165) is 0 Å². The third-order valence-electron chi connectivity index (χ3n) is 1.17. The van der Waals surface area contributed by atoms with E-state index in [2.05, 4.69) is 13.8 Å². The van der Waals surface area contributed by atoms with Gasteiger partial charge in [-0.3, -0.25) is 0 Å². The summed E-state index contributed by atoms with van der Waals surface area (Å²) in [4.78, 5) is 0. The summed E-state index contributed by atoms with van der Waals surface area (Å²) in [6, 6.07) is 2.53. The molecule has 0 heterocycles. The Hall–Kier alpha value is -0.270. The highest BCUT2D eigenvalue weighted by atomic mass is 35.5. The summed E-state index contributed by atoms with van der Waals surface area (Å²) < 4.78 is 12.5. The van der Waals surface area contributed by atoms with Crippen molar-refractivity contribution in [3.63, 3.8) is 0 Å². The van der Waals surface area contributed by atoms with Gasteiger partial charge in [-0.2, -0.15) is 0 Å². The summed E-state index contributed by atoms with van der Waals surface area (Å²) in [6.45, 7) is 5.96. The molecule has 13 heavy (non-hydrogen) atoms. The van der Waals surface area contributed by atoms with Gasteiger partial charge in [0.1, 0.15) is 5.82 Å². The molecule has 0 nitrogen and oxygen atoms in total. The van der Waals surface area contributed by atoms with Crippen molar-refractivity contribution >= 4 is 23.2 Å². The average molecular weight is 223 g/mol. The van der Waals surface area contributed by atoms with E-state index in [-0.39, 0.29) is 10.8 Å². The first-order valence-electron chi connectivity index (χ1n) is 4.14. The smallest absolute Gasteiger partial charge is 0.125 e. The number of aryl methyl sites for hydroxylation is 1. The average Bonchev–Trinajstić information content (AvgIpc) is 2.01. The highest BCUT2D eigenvalue weighted by Crippen LogP contribution is 2.25. The van der Waals surface area contributed by atoms with Gasteiger partial charge in [-0.25, -0.2) is 4.39 Å². The second kappa shape index (κ2) is 6.22. The maximum Gasteiger partial charge on any atom is 0.125 e. The van der Waals surface area contributed by atoms with Gasteiger partial charge in [-0.1, -0.05) is 43.5 Å². The fourth-order valence-electron chi connectivity index (χ4n) is 0.685. The Kier molecular flexibility index (Phi) is 6.10. The first-order valence-corrected chi connectivity index (χ1v) is 4.89. The first kappa shape index (κ1) is 12.7. The largest absolute Gasteiger partial charge is 0.207 e. The van der Waals surface area contributed by atoms with Crippen LogP contribution >= 0.6 is 23.2 Å². The van der Waals surface area contributed by atoms with Crippen LogP contribution in [-0.2, 0) is 0 Å². The van der Waals surface area contributed by atoms with Crippen LogP contribution in [-0.4, -0.2) is 0 Å². The molecule has 0 saturated heterocycles. The van der Waals surface area contributed by atoms with E-state index in [1.807, 2.05) is 0 Å². The number of hydrogen-bond donors (Lipinski definition) is 0. The van der Waals surface area contributed by atoms with Crippen molar-refractivity contribution in [2.24, 2.45) is 0 Å². The standard InChI is InChI=1S/C7H5Cl2F.C3H8/c1-4-2-5(10)3-6(8)7(4)9;1-3-2/h2-3H,1H3;3H2,1-2H3. The lowest BCUT2D eigenvalue weighted by Gasteiger charge is -1.98. The summed E-state index contributed by atoms with van der Waals surface area (Å²) in [5.41, 5.74) is 0.659. The second-order valence-corrected chi connectivity index (χ2v) is 3.51. The van der Waals surface area contributed by atoms with E-state index in [9.17, 15) is 4.39 Å². The zero-order valence-electron chi connectivity index (χ0n) is 8.00. The van der Waals surface area contributed by atoms with E-state index < -0.39 is 0 Å². The maximum atomic E-state index is 12.5. The van der Waals surface area contributed by atoms with Crippen LogP contribution in [0, 0.1) is 12.7 Å². The van der Waals surface area contributed by atoms with Crippen molar-refractivity contribution < 1.29 is 4.39 Å². The van der Waals surface area contributed by atoms with E-state index in [4.69, 9.17) is 23.2 Å². The topological polar surface area (TPSA) is 0 Å². The van der Waals surface area contributed by atoms with Gasteiger partial charge in [-0.15, -0.1) is 0 Å². The molecule has 0 atom stereocenters. The van der Waals surface area contributed by atoms with E-state index in [1.54, 1.807) is 6.92 Å². The molecular formula is C10H13Cl2F. The van der Waals surface area contributed by atoms with Crippen molar-refractivity contribution in [3.05, 3.63) is 33.6 Å². The van der Waals surface area contributed by atoms with Crippen molar-refractivity contribution in [2.45, 2.75) is 27.2 Å². The predicted molar refractivity (Wildman–Crippen MR) is 57.1 cm³/mol. The van der Waals surface area contributed by atoms with Gasteiger partial charge in [-0.05, 0) is 24.6 Å². The van der Waals surface area contributed by atoms with E-state index in [0.29, 0.717) is 10.6 Å². The van der Waals surface area contributed by atoms with Crippen LogP contribution in [0.2, 0.25) is 10.0 Å². The summed E-state index contributed by atoms with van der Waals surface area (Å²) >= 11 is 11.2. The summed E-state index contributed by atoms with van der Waals surface area (Å²) in [5.74, 6) is -0.355. The van der Waals surface area contributed by atoms with Gasteiger partial charge >= 0.3 is 0 Å². The van der Waals surface area contributed by atoms with E-state index in [1.165, 1.54) is 18.6 Å². The molecule has 0 spiro atoms. The fourth-order valence-corrected chi connectivity index (χ4v) is 1.05. The van der Waals surface area contributed by atoms with Crippen LogP contribution in [0.25, 0.3) is 0 Å². The second-order valence-electron chi connectivity index (χ2n) is 2.73. The van der Waals surface area contributed by atoms with Crippen molar-refractivity contribution in [1.82, 2.24) is 0 Å². The summed E-state index contributed by atoms with van der Waals surface area (Å²) in [5, 5.41) is 0.683. The quantitative estimate of drug-likeness (QED) is 0.551. The lowest BCUT2D eigenvalue weighted by molar-refractivity contribution is 0.627. The Bertz CT molecular complexity index is 249. The molecule has 74 valence electrons. The van der Waals surface area contributed by atoms with Crippen LogP contribution in [0.15, 0.2) is 12.1 Å². The molecule has 0 unspecified atom stereocenters. The molecule has 1 aromatic rings. The Morgan fingerprint density at radius 2 is 1.69 bits per heavy atom. The van der Waals surface area contributed by atoms with Gasteiger partial charge < -0.3 is 0 Å². The Morgan fingerprint density at radius 3 is 2.08 bits per heavy atom. The molecule has 0 N–H and O–H groups in total. The molecule has 0 fully saturated rings. The molecule has 3 heteroatoms. The highest BCUT2D eigenvalue weighted by molar-refractivity contribution is 6.42. The summed E-state index contributed by atoms with van der Waals surface area (Å²) in [6.07, 6.45) is 1.25. The van der Waals surface area contributed by atoms with Crippen molar-refractivity contribution in [3.8, 4) is 0 Å². The monoisotopic (exact) mass is 222 g/mol. The Morgan fingerprint density at radius 1 is 1.23 bits per heavy atom. The molecule has 0 aliphatic carbocycles. The maximum absolute atomic E-state index is 12.5. The molecule has 0 aliphatic heterocycles. The van der Waals surface area contributed by atoms with Crippen LogP contribution in [0.5, 0.6) is 0 Å². The van der Waals surface area contributed by atoms with Gasteiger partial charge in [0.2, 0.25) is 0 Å². The first-order chi connectivity index (χ1) is 6.02. The number of rotatable bonds is 0. The van der Waals surface area contributed by atoms with E-state index >= 15 is 0 Å². The molecule has 1 rings (SSSR count). The number of benzene rings is 1. The lowest BCUT2D eigenvalue weighted by atomic mass is 10.2. The minimum absolute atomic E-state index is 0.263. The van der Waals surface area contributed by atoms with Gasteiger partial charge in [0.15, 0.2) is 0 Å². The molecule has 0 bridgehead atoms. The van der Waals surface area contributed by atoms with Crippen molar-refractivity contribution in [1.29, 1.82) is 0 Å².